The number of alkyl halides is 2. The van der Waals surface area contributed by atoms with Crippen molar-refractivity contribution in [3.05, 3.63) is 0 Å². The molecule has 0 aromatic carbocycles. The van der Waals surface area contributed by atoms with E-state index >= 15 is 0 Å². The highest BCUT2D eigenvalue weighted by molar-refractivity contribution is 6.50. The van der Waals surface area contributed by atoms with Crippen molar-refractivity contribution in [1.29, 1.82) is 0 Å². The summed E-state index contributed by atoms with van der Waals surface area (Å²) in [6.07, 6.45) is 0.944. The van der Waals surface area contributed by atoms with Crippen LogP contribution in [0.3, 0.4) is 0 Å². The van der Waals surface area contributed by atoms with E-state index in [4.69, 9.17) is 23.2 Å². The van der Waals surface area contributed by atoms with E-state index in [0.717, 1.165) is 26.1 Å². The molecule has 72 valence electrons. The van der Waals surface area contributed by atoms with E-state index in [1.165, 1.54) is 0 Å². The van der Waals surface area contributed by atoms with Gasteiger partial charge in [-0.05, 0) is 20.5 Å². The molecular formula is C8H16Cl2N2. The molecule has 0 aromatic rings. The van der Waals surface area contributed by atoms with Crippen LogP contribution in [0.15, 0.2) is 0 Å². The van der Waals surface area contributed by atoms with Gasteiger partial charge in [0.05, 0.1) is 0 Å². The number of hydrogen-bond donors (Lipinski definition) is 1. The van der Waals surface area contributed by atoms with Crippen molar-refractivity contribution in [3.63, 3.8) is 0 Å². The van der Waals surface area contributed by atoms with Gasteiger partial charge in [-0.25, -0.2) is 0 Å². The van der Waals surface area contributed by atoms with Gasteiger partial charge in [0.2, 0.25) is 0 Å². The molecule has 4 heteroatoms. The van der Waals surface area contributed by atoms with E-state index < -0.39 is 4.33 Å². The Labute approximate surface area is 84.2 Å². The Hall–Kier alpha value is 0.500. The van der Waals surface area contributed by atoms with E-state index in [9.17, 15) is 0 Å². The van der Waals surface area contributed by atoms with Crippen molar-refractivity contribution in [1.82, 2.24) is 10.2 Å². The zero-order chi connectivity index (χ0) is 9.19. The lowest BCUT2D eigenvalue weighted by Gasteiger charge is -2.15. The van der Waals surface area contributed by atoms with E-state index in [1.807, 2.05) is 7.05 Å². The minimum atomic E-state index is -0.423. The predicted molar refractivity (Wildman–Crippen MR) is 54.0 cm³/mol. The van der Waals surface area contributed by atoms with Gasteiger partial charge in [-0.1, -0.05) is 0 Å². The van der Waals surface area contributed by atoms with Gasteiger partial charge in [0.15, 0.2) is 0 Å². The van der Waals surface area contributed by atoms with Crippen molar-refractivity contribution in [2.45, 2.75) is 10.8 Å². The summed E-state index contributed by atoms with van der Waals surface area (Å²) in [4.78, 5) is 2.26. The second-order valence-electron chi connectivity index (χ2n) is 3.53. The summed E-state index contributed by atoms with van der Waals surface area (Å²) in [5, 5.41) is 3.11. The summed E-state index contributed by atoms with van der Waals surface area (Å²) >= 11 is 11.8. The van der Waals surface area contributed by atoms with Gasteiger partial charge < -0.3 is 10.2 Å². The molecule has 0 saturated heterocycles. The molecule has 1 unspecified atom stereocenters. The molecule has 1 rings (SSSR count). The predicted octanol–water partition coefficient (Wildman–Crippen LogP) is 1.33. The second kappa shape index (κ2) is 4.14. The Morgan fingerprint density at radius 1 is 1.58 bits per heavy atom. The quantitative estimate of drug-likeness (QED) is 0.690. The second-order valence-corrected chi connectivity index (χ2v) is 5.07. The standard InChI is InChI=1S/C8H16Cl2N2/c1-11-3-4-12(2)6-7-5-8(7,9)10/h7,11H,3-6H2,1-2H3. The zero-order valence-electron chi connectivity index (χ0n) is 7.61. The lowest BCUT2D eigenvalue weighted by Crippen LogP contribution is -2.29. The molecule has 0 aliphatic heterocycles. The van der Waals surface area contributed by atoms with Crippen molar-refractivity contribution in [2.75, 3.05) is 33.7 Å². The number of nitrogens with one attached hydrogen (secondary N) is 1. The van der Waals surface area contributed by atoms with Crippen LogP contribution in [0, 0.1) is 5.92 Å². The highest BCUT2D eigenvalue weighted by atomic mass is 35.5. The lowest BCUT2D eigenvalue weighted by atomic mass is 10.4. The summed E-state index contributed by atoms with van der Waals surface area (Å²) in [5.74, 6) is 0.475. The SMILES string of the molecule is CNCCN(C)CC1CC1(Cl)Cl. The van der Waals surface area contributed by atoms with Gasteiger partial charge in [0.25, 0.3) is 0 Å². The number of rotatable bonds is 5. The van der Waals surface area contributed by atoms with E-state index in [1.54, 1.807) is 0 Å². The van der Waals surface area contributed by atoms with Crippen molar-refractivity contribution < 1.29 is 0 Å². The number of likely N-dealkylation sites (N-methyl/N-ethyl adjacent to an activating group) is 2. The molecule has 0 radical (unpaired) electrons. The van der Waals surface area contributed by atoms with Gasteiger partial charge in [0.1, 0.15) is 4.33 Å². The molecule has 2 nitrogen and oxygen atoms in total. The van der Waals surface area contributed by atoms with E-state index in [2.05, 4.69) is 17.3 Å². The molecule has 12 heavy (non-hydrogen) atoms. The third kappa shape index (κ3) is 3.09. The zero-order valence-corrected chi connectivity index (χ0v) is 9.12. The van der Waals surface area contributed by atoms with Crippen molar-refractivity contribution in [3.8, 4) is 0 Å². The normalized spacial score (nSPS) is 26.2. The molecule has 1 aliphatic rings. The maximum atomic E-state index is 5.91. The lowest BCUT2D eigenvalue weighted by molar-refractivity contribution is 0.321. The maximum Gasteiger partial charge on any atom is 0.122 e. The Balaban J connectivity index is 2.07. The van der Waals surface area contributed by atoms with Crippen LogP contribution in [0.4, 0.5) is 0 Å². The molecule has 1 N–H and O–H groups in total. The highest BCUT2D eigenvalue weighted by Crippen LogP contribution is 2.53. The number of hydrogen-bond acceptors (Lipinski definition) is 2. The Bertz CT molecular complexity index is 150. The van der Waals surface area contributed by atoms with E-state index in [-0.39, 0.29) is 0 Å². The first kappa shape index (κ1) is 10.6. The van der Waals surface area contributed by atoms with Crippen molar-refractivity contribution >= 4 is 23.2 Å². The van der Waals surface area contributed by atoms with Gasteiger partial charge in [-0.2, -0.15) is 0 Å². The first-order chi connectivity index (χ1) is 5.56. The fraction of sp³-hybridized carbons (Fsp3) is 1.00. The highest BCUT2D eigenvalue weighted by Gasteiger charge is 2.51. The number of halogens is 2. The van der Waals surface area contributed by atoms with Crippen LogP contribution in [0.25, 0.3) is 0 Å². The van der Waals surface area contributed by atoms with Gasteiger partial charge >= 0.3 is 0 Å². The van der Waals surface area contributed by atoms with Gasteiger partial charge in [0, 0.05) is 25.6 Å². The third-order valence-corrected chi connectivity index (χ3v) is 3.16. The minimum Gasteiger partial charge on any atom is -0.318 e. The molecule has 0 bridgehead atoms. The fourth-order valence-corrected chi connectivity index (χ4v) is 1.75. The van der Waals surface area contributed by atoms with Gasteiger partial charge in [-0.15, -0.1) is 23.2 Å². The molecule has 1 fully saturated rings. The maximum absolute atomic E-state index is 5.91. The number of nitrogens with zero attached hydrogens (tertiary/aromatic N) is 1. The van der Waals surface area contributed by atoms with Gasteiger partial charge in [-0.3, -0.25) is 0 Å². The van der Waals surface area contributed by atoms with Crippen molar-refractivity contribution in [2.24, 2.45) is 5.92 Å². The van der Waals surface area contributed by atoms with Crippen LogP contribution in [-0.4, -0.2) is 43.0 Å². The van der Waals surface area contributed by atoms with Crippen LogP contribution in [0.1, 0.15) is 6.42 Å². The van der Waals surface area contributed by atoms with Crippen LogP contribution < -0.4 is 5.32 Å². The molecule has 0 heterocycles. The van der Waals surface area contributed by atoms with E-state index in [0.29, 0.717) is 5.92 Å². The fourth-order valence-electron chi connectivity index (χ4n) is 1.24. The van der Waals surface area contributed by atoms with Crippen LogP contribution in [0.5, 0.6) is 0 Å². The Morgan fingerprint density at radius 2 is 2.17 bits per heavy atom. The topological polar surface area (TPSA) is 15.3 Å². The Kier molecular flexibility index (Phi) is 3.65. The first-order valence-corrected chi connectivity index (χ1v) is 5.03. The average molecular weight is 211 g/mol. The van der Waals surface area contributed by atoms with Crippen LogP contribution in [-0.2, 0) is 0 Å². The average Bonchev–Trinajstić information content (AvgIpc) is 2.54. The first-order valence-electron chi connectivity index (χ1n) is 4.27. The van der Waals surface area contributed by atoms with Crippen LogP contribution in [0.2, 0.25) is 0 Å². The summed E-state index contributed by atoms with van der Waals surface area (Å²) in [5.41, 5.74) is 0. The summed E-state index contributed by atoms with van der Waals surface area (Å²) in [7, 11) is 4.05. The largest absolute Gasteiger partial charge is 0.318 e. The summed E-state index contributed by atoms with van der Waals surface area (Å²) < 4.78 is -0.423. The smallest absolute Gasteiger partial charge is 0.122 e. The van der Waals surface area contributed by atoms with Crippen LogP contribution >= 0.6 is 23.2 Å². The Morgan fingerprint density at radius 3 is 2.58 bits per heavy atom. The molecule has 0 spiro atoms. The molecule has 0 aromatic heterocycles. The molecule has 1 aliphatic carbocycles. The molecular weight excluding hydrogens is 195 g/mol. The molecule has 1 saturated carbocycles. The molecule has 0 amide bonds. The monoisotopic (exact) mass is 210 g/mol. The molecule has 1 atom stereocenters. The summed E-state index contributed by atoms with van der Waals surface area (Å²) in [6, 6.07) is 0. The minimum absolute atomic E-state index is 0.423. The third-order valence-electron chi connectivity index (χ3n) is 2.23. The summed E-state index contributed by atoms with van der Waals surface area (Å²) in [6.45, 7) is 3.08.